The second kappa shape index (κ2) is 6.11. The van der Waals surface area contributed by atoms with Crippen molar-refractivity contribution in [2.24, 2.45) is 7.05 Å². The molecular weight excluding hydrogens is 281 g/mol. The van der Waals surface area contributed by atoms with Crippen LogP contribution in [0.25, 0.3) is 11.3 Å². The van der Waals surface area contributed by atoms with E-state index < -0.39 is 0 Å². The summed E-state index contributed by atoms with van der Waals surface area (Å²) in [6, 6.07) is 10.6. The normalized spacial score (nSPS) is 12.5. The van der Waals surface area contributed by atoms with Crippen LogP contribution in [0.3, 0.4) is 0 Å². The van der Waals surface area contributed by atoms with Gasteiger partial charge in [0.2, 0.25) is 0 Å². The zero-order valence-electron chi connectivity index (χ0n) is 12.5. The van der Waals surface area contributed by atoms with E-state index in [0.717, 1.165) is 11.4 Å². The maximum Gasteiger partial charge on any atom is 0.132 e. The van der Waals surface area contributed by atoms with Crippen molar-refractivity contribution in [3.8, 4) is 11.3 Å². The van der Waals surface area contributed by atoms with E-state index in [9.17, 15) is 4.39 Å². The molecule has 6 heteroatoms. The first-order valence-corrected chi connectivity index (χ1v) is 7.15. The third-order valence-electron chi connectivity index (χ3n) is 3.56. The largest absolute Gasteiger partial charge is 0.303 e. The van der Waals surface area contributed by atoms with Crippen LogP contribution in [0.2, 0.25) is 0 Å². The molecule has 2 aromatic heterocycles. The van der Waals surface area contributed by atoms with Crippen molar-refractivity contribution in [1.82, 2.24) is 25.3 Å². The molecule has 3 rings (SSSR count). The fraction of sp³-hybridized carbons (Fsp3) is 0.250. The highest BCUT2D eigenvalue weighted by Crippen LogP contribution is 2.21. The van der Waals surface area contributed by atoms with E-state index in [-0.39, 0.29) is 11.9 Å². The average molecular weight is 299 g/mol. The number of halogens is 1. The Morgan fingerprint density at radius 2 is 2.14 bits per heavy atom. The van der Waals surface area contributed by atoms with E-state index in [2.05, 4.69) is 27.5 Å². The van der Waals surface area contributed by atoms with Gasteiger partial charge in [0.1, 0.15) is 5.82 Å². The van der Waals surface area contributed by atoms with Gasteiger partial charge in [-0.25, -0.2) is 4.39 Å². The molecule has 22 heavy (non-hydrogen) atoms. The topological polar surface area (TPSA) is 58.5 Å². The number of hydrogen-bond donors (Lipinski definition) is 2. The van der Waals surface area contributed by atoms with Gasteiger partial charge in [-0.1, -0.05) is 12.1 Å². The minimum absolute atomic E-state index is 0.126. The van der Waals surface area contributed by atoms with Gasteiger partial charge in [0, 0.05) is 37.1 Å². The van der Waals surface area contributed by atoms with Gasteiger partial charge in [-0.2, -0.15) is 10.2 Å². The van der Waals surface area contributed by atoms with E-state index >= 15 is 0 Å². The van der Waals surface area contributed by atoms with Crippen LogP contribution in [-0.4, -0.2) is 20.0 Å². The van der Waals surface area contributed by atoms with Gasteiger partial charge in [0.05, 0.1) is 11.4 Å². The fourth-order valence-corrected chi connectivity index (χ4v) is 2.29. The van der Waals surface area contributed by atoms with Crippen molar-refractivity contribution in [2.45, 2.75) is 19.5 Å². The van der Waals surface area contributed by atoms with Gasteiger partial charge in [0.15, 0.2) is 0 Å². The van der Waals surface area contributed by atoms with Crippen molar-refractivity contribution in [1.29, 1.82) is 0 Å². The van der Waals surface area contributed by atoms with Crippen LogP contribution in [0.5, 0.6) is 0 Å². The molecule has 0 fully saturated rings. The number of nitrogens with zero attached hydrogens (tertiary/aromatic N) is 3. The summed E-state index contributed by atoms with van der Waals surface area (Å²) in [5, 5.41) is 14.8. The summed E-state index contributed by atoms with van der Waals surface area (Å²) >= 11 is 0. The second-order valence-corrected chi connectivity index (χ2v) is 5.28. The second-order valence-electron chi connectivity index (χ2n) is 5.28. The minimum Gasteiger partial charge on any atom is -0.303 e. The summed E-state index contributed by atoms with van der Waals surface area (Å²) in [6.45, 7) is 2.66. The number of hydrogen-bond acceptors (Lipinski definition) is 3. The summed E-state index contributed by atoms with van der Waals surface area (Å²) in [7, 11) is 1.89. The molecule has 2 heterocycles. The average Bonchev–Trinajstić information content (AvgIpc) is 3.14. The highest BCUT2D eigenvalue weighted by molar-refractivity contribution is 5.59. The quantitative estimate of drug-likeness (QED) is 0.761. The molecule has 0 amide bonds. The van der Waals surface area contributed by atoms with Crippen molar-refractivity contribution in [2.75, 3.05) is 0 Å². The van der Waals surface area contributed by atoms with Gasteiger partial charge < -0.3 is 5.32 Å². The molecule has 1 atom stereocenters. The molecule has 0 bridgehead atoms. The summed E-state index contributed by atoms with van der Waals surface area (Å²) in [5.74, 6) is -0.268. The molecule has 0 aliphatic carbocycles. The van der Waals surface area contributed by atoms with Gasteiger partial charge in [-0.05, 0) is 31.2 Å². The van der Waals surface area contributed by atoms with E-state index in [4.69, 9.17) is 0 Å². The minimum atomic E-state index is -0.268. The van der Waals surface area contributed by atoms with Gasteiger partial charge in [-0.3, -0.25) is 9.78 Å². The maximum atomic E-state index is 13.7. The fourth-order valence-electron chi connectivity index (χ4n) is 2.29. The molecule has 5 nitrogen and oxygen atoms in total. The molecule has 1 unspecified atom stereocenters. The van der Waals surface area contributed by atoms with Crippen LogP contribution in [-0.2, 0) is 13.6 Å². The number of nitrogens with one attached hydrogen (secondary N) is 2. The molecule has 114 valence electrons. The number of rotatable bonds is 5. The number of aromatic amines is 1. The Bertz CT molecular complexity index is 761. The third-order valence-corrected chi connectivity index (χ3v) is 3.56. The Kier molecular flexibility index (Phi) is 4.02. The molecule has 2 N–H and O–H groups in total. The highest BCUT2D eigenvalue weighted by Gasteiger charge is 2.11. The maximum absolute atomic E-state index is 13.7. The lowest BCUT2D eigenvalue weighted by molar-refractivity contribution is 0.545. The van der Waals surface area contributed by atoms with Crippen molar-refractivity contribution in [3.63, 3.8) is 0 Å². The predicted octanol–water partition coefficient (Wildman–Crippen LogP) is 2.80. The Balaban J connectivity index is 1.66. The molecule has 0 radical (unpaired) electrons. The Morgan fingerprint density at radius 1 is 1.32 bits per heavy atom. The van der Waals surface area contributed by atoms with Crippen molar-refractivity contribution < 1.29 is 4.39 Å². The molecule has 0 saturated heterocycles. The predicted molar refractivity (Wildman–Crippen MR) is 82.4 cm³/mol. The number of aryl methyl sites for hydroxylation is 1. The molecule has 0 aliphatic heterocycles. The van der Waals surface area contributed by atoms with Crippen LogP contribution in [0, 0.1) is 5.82 Å². The zero-order valence-corrected chi connectivity index (χ0v) is 12.5. The first-order chi connectivity index (χ1) is 10.6. The van der Waals surface area contributed by atoms with Crippen LogP contribution in [0.1, 0.15) is 24.4 Å². The molecule has 0 aliphatic rings. The van der Waals surface area contributed by atoms with Crippen LogP contribution < -0.4 is 5.32 Å². The molecule has 3 aromatic rings. The van der Waals surface area contributed by atoms with Gasteiger partial charge >= 0.3 is 0 Å². The Labute approximate surface area is 128 Å². The molecule has 0 spiro atoms. The van der Waals surface area contributed by atoms with E-state index in [0.29, 0.717) is 17.8 Å². The monoisotopic (exact) mass is 299 g/mol. The van der Waals surface area contributed by atoms with E-state index in [1.165, 1.54) is 6.07 Å². The van der Waals surface area contributed by atoms with Crippen molar-refractivity contribution >= 4 is 0 Å². The van der Waals surface area contributed by atoms with Gasteiger partial charge in [0.25, 0.3) is 0 Å². The standard InChI is InChI=1S/C16H18FN5/c1-11(15-7-8-22(2)21-15)18-10-12-9-16(20-19-12)13-5-3-4-6-14(13)17/h3-9,11,18H,10H2,1-2H3,(H,19,20). The van der Waals surface area contributed by atoms with Gasteiger partial charge in [-0.15, -0.1) is 0 Å². The van der Waals surface area contributed by atoms with E-state index in [1.54, 1.807) is 22.9 Å². The Morgan fingerprint density at radius 3 is 2.86 bits per heavy atom. The first-order valence-electron chi connectivity index (χ1n) is 7.15. The summed E-state index contributed by atoms with van der Waals surface area (Å²) in [5.41, 5.74) is 3.00. The van der Waals surface area contributed by atoms with Crippen LogP contribution >= 0.6 is 0 Å². The lowest BCUT2D eigenvalue weighted by Crippen LogP contribution is -2.18. The summed E-state index contributed by atoms with van der Waals surface area (Å²) in [6.07, 6.45) is 1.92. The zero-order chi connectivity index (χ0) is 15.5. The lowest BCUT2D eigenvalue weighted by atomic mass is 10.1. The number of benzene rings is 1. The SMILES string of the molecule is CC(NCc1cc(-c2ccccc2F)n[nH]1)c1ccn(C)n1. The van der Waals surface area contributed by atoms with Crippen LogP contribution in [0.4, 0.5) is 4.39 Å². The number of H-pyrrole nitrogens is 1. The summed E-state index contributed by atoms with van der Waals surface area (Å²) < 4.78 is 15.5. The summed E-state index contributed by atoms with van der Waals surface area (Å²) in [4.78, 5) is 0. The molecule has 1 aromatic carbocycles. The smallest absolute Gasteiger partial charge is 0.132 e. The lowest BCUT2D eigenvalue weighted by Gasteiger charge is -2.09. The van der Waals surface area contributed by atoms with Crippen LogP contribution in [0.15, 0.2) is 42.6 Å². The van der Waals surface area contributed by atoms with Crippen molar-refractivity contribution in [3.05, 3.63) is 59.8 Å². The highest BCUT2D eigenvalue weighted by atomic mass is 19.1. The Hall–Kier alpha value is -2.47. The van der Waals surface area contributed by atoms with E-state index in [1.807, 2.05) is 25.4 Å². The number of aromatic nitrogens is 4. The first kappa shape index (κ1) is 14.5. The molecule has 0 saturated carbocycles. The molecular formula is C16H18FN5. The third kappa shape index (κ3) is 3.07.